The molecule has 100 valence electrons. The Bertz CT molecular complexity index is 517. The van der Waals surface area contributed by atoms with Crippen LogP contribution in [0.5, 0.6) is 5.75 Å². The number of nitrogens with one attached hydrogen (secondary N) is 1. The van der Waals surface area contributed by atoms with Crippen molar-refractivity contribution in [1.82, 2.24) is 4.98 Å². The molecule has 0 atom stereocenters. The summed E-state index contributed by atoms with van der Waals surface area (Å²) in [6, 6.07) is 9.94. The van der Waals surface area contributed by atoms with E-state index in [4.69, 9.17) is 16.3 Å². The number of hydrogen-bond donors (Lipinski definition) is 1. The van der Waals surface area contributed by atoms with Gasteiger partial charge in [0.2, 0.25) is 0 Å². The van der Waals surface area contributed by atoms with Crippen LogP contribution in [-0.4, -0.2) is 11.6 Å². The second kappa shape index (κ2) is 7.00. The maximum Gasteiger partial charge on any atom is 0.123 e. The van der Waals surface area contributed by atoms with E-state index in [1.54, 1.807) is 6.20 Å². The molecule has 1 N–H and O–H groups in total. The second-order valence-corrected chi connectivity index (χ2v) is 4.37. The Morgan fingerprint density at radius 1 is 1.32 bits per heavy atom. The van der Waals surface area contributed by atoms with Gasteiger partial charge in [0, 0.05) is 30.2 Å². The molecular weight excluding hydrogens is 260 g/mol. The summed E-state index contributed by atoms with van der Waals surface area (Å²) in [6.07, 6.45) is 3.62. The fourth-order valence-electron chi connectivity index (χ4n) is 1.80. The number of pyridine rings is 1. The number of rotatable bonds is 6. The van der Waals surface area contributed by atoms with Gasteiger partial charge >= 0.3 is 0 Å². The van der Waals surface area contributed by atoms with Gasteiger partial charge in [-0.1, -0.05) is 6.07 Å². The Balaban J connectivity index is 2.05. The van der Waals surface area contributed by atoms with Crippen molar-refractivity contribution in [2.75, 3.05) is 11.9 Å². The summed E-state index contributed by atoms with van der Waals surface area (Å²) in [4.78, 5) is 4.09. The Kier molecular flexibility index (Phi) is 5.04. The van der Waals surface area contributed by atoms with Crippen LogP contribution < -0.4 is 10.1 Å². The number of nitrogens with zero attached hydrogens (tertiary/aromatic N) is 1. The average Bonchev–Trinajstić information content (AvgIpc) is 2.47. The zero-order valence-corrected chi connectivity index (χ0v) is 11.7. The summed E-state index contributed by atoms with van der Waals surface area (Å²) in [7, 11) is 0. The summed E-state index contributed by atoms with van der Waals surface area (Å²) in [5, 5.41) is 3.35. The molecule has 3 nitrogen and oxygen atoms in total. The highest BCUT2D eigenvalue weighted by Crippen LogP contribution is 2.24. The minimum atomic E-state index is 0.442. The highest BCUT2D eigenvalue weighted by Gasteiger charge is 2.04. The van der Waals surface area contributed by atoms with E-state index in [9.17, 15) is 0 Å². The summed E-state index contributed by atoms with van der Waals surface area (Å²) in [5.74, 6) is 1.29. The Hall–Kier alpha value is -1.74. The molecule has 19 heavy (non-hydrogen) atoms. The van der Waals surface area contributed by atoms with Gasteiger partial charge in [-0.2, -0.15) is 0 Å². The first-order valence-electron chi connectivity index (χ1n) is 6.28. The zero-order valence-electron chi connectivity index (χ0n) is 10.9. The zero-order chi connectivity index (χ0) is 13.5. The van der Waals surface area contributed by atoms with Gasteiger partial charge in [-0.05, 0) is 36.8 Å². The van der Waals surface area contributed by atoms with Crippen molar-refractivity contribution < 1.29 is 4.74 Å². The minimum Gasteiger partial charge on any atom is -0.494 e. The quantitative estimate of drug-likeness (QED) is 0.814. The van der Waals surface area contributed by atoms with Crippen LogP contribution >= 0.6 is 11.6 Å². The predicted octanol–water partition coefficient (Wildman–Crippen LogP) is 3.83. The standard InChI is InChI=1S/C15H17ClN2O/c1-2-19-15-6-5-14(8-13(15)9-16)18-11-12-4-3-7-17-10-12/h3-8,10,18H,2,9,11H2,1H3. The van der Waals surface area contributed by atoms with Gasteiger partial charge in [0.1, 0.15) is 5.75 Å². The van der Waals surface area contributed by atoms with Gasteiger partial charge < -0.3 is 10.1 Å². The minimum absolute atomic E-state index is 0.442. The van der Waals surface area contributed by atoms with E-state index in [1.807, 2.05) is 43.5 Å². The third-order valence-corrected chi connectivity index (χ3v) is 3.01. The first-order chi connectivity index (χ1) is 9.33. The highest BCUT2D eigenvalue weighted by atomic mass is 35.5. The van der Waals surface area contributed by atoms with E-state index < -0.39 is 0 Å². The third kappa shape index (κ3) is 3.86. The lowest BCUT2D eigenvalue weighted by atomic mass is 10.2. The van der Waals surface area contributed by atoms with Gasteiger partial charge in [0.15, 0.2) is 0 Å². The van der Waals surface area contributed by atoms with E-state index in [0.717, 1.165) is 29.1 Å². The first kappa shape index (κ1) is 13.7. The molecule has 0 aliphatic heterocycles. The van der Waals surface area contributed by atoms with Crippen LogP contribution in [0.4, 0.5) is 5.69 Å². The lowest BCUT2D eigenvalue weighted by Gasteiger charge is -2.11. The molecule has 0 saturated heterocycles. The largest absolute Gasteiger partial charge is 0.494 e. The predicted molar refractivity (Wildman–Crippen MR) is 78.7 cm³/mol. The van der Waals surface area contributed by atoms with Crippen molar-refractivity contribution in [2.24, 2.45) is 0 Å². The molecule has 2 aromatic rings. The molecule has 0 saturated carbocycles. The van der Waals surface area contributed by atoms with E-state index in [1.165, 1.54) is 0 Å². The highest BCUT2D eigenvalue weighted by molar-refractivity contribution is 6.17. The molecule has 4 heteroatoms. The second-order valence-electron chi connectivity index (χ2n) is 4.10. The molecule has 0 radical (unpaired) electrons. The molecule has 0 spiro atoms. The fraction of sp³-hybridized carbons (Fsp3) is 0.267. The summed E-state index contributed by atoms with van der Waals surface area (Å²) in [6.45, 7) is 3.35. The molecule has 1 aromatic heterocycles. The molecule has 0 aliphatic carbocycles. The Morgan fingerprint density at radius 3 is 2.89 bits per heavy atom. The van der Waals surface area contributed by atoms with Gasteiger partial charge in [-0.3, -0.25) is 4.98 Å². The van der Waals surface area contributed by atoms with Crippen molar-refractivity contribution >= 4 is 17.3 Å². The smallest absolute Gasteiger partial charge is 0.123 e. The van der Waals surface area contributed by atoms with Crippen LogP contribution in [0.3, 0.4) is 0 Å². The summed E-state index contributed by atoms with van der Waals surface area (Å²) < 4.78 is 5.52. The van der Waals surface area contributed by atoms with E-state index in [0.29, 0.717) is 12.5 Å². The fourth-order valence-corrected chi connectivity index (χ4v) is 2.01. The molecule has 0 aliphatic rings. The molecule has 2 rings (SSSR count). The van der Waals surface area contributed by atoms with Crippen LogP contribution in [0.1, 0.15) is 18.1 Å². The summed E-state index contributed by atoms with van der Waals surface area (Å²) >= 11 is 5.94. The van der Waals surface area contributed by atoms with Crippen molar-refractivity contribution in [1.29, 1.82) is 0 Å². The van der Waals surface area contributed by atoms with Gasteiger partial charge in [0.05, 0.1) is 12.5 Å². The lowest BCUT2D eigenvalue weighted by molar-refractivity contribution is 0.337. The first-order valence-corrected chi connectivity index (χ1v) is 6.81. The van der Waals surface area contributed by atoms with Crippen LogP contribution in [0.2, 0.25) is 0 Å². The molecule has 1 aromatic carbocycles. The van der Waals surface area contributed by atoms with Crippen LogP contribution in [0, 0.1) is 0 Å². The molecular formula is C15H17ClN2O. The molecule has 0 amide bonds. The molecule has 0 unspecified atom stereocenters. The van der Waals surface area contributed by atoms with Gasteiger partial charge in [-0.25, -0.2) is 0 Å². The Labute approximate surface area is 118 Å². The maximum absolute atomic E-state index is 5.94. The van der Waals surface area contributed by atoms with Crippen molar-refractivity contribution in [2.45, 2.75) is 19.3 Å². The molecule has 0 fully saturated rings. The number of benzene rings is 1. The van der Waals surface area contributed by atoms with Crippen LogP contribution in [-0.2, 0) is 12.4 Å². The molecule has 0 bridgehead atoms. The van der Waals surface area contributed by atoms with Gasteiger partial charge in [0.25, 0.3) is 0 Å². The van der Waals surface area contributed by atoms with E-state index >= 15 is 0 Å². The number of alkyl halides is 1. The van der Waals surface area contributed by atoms with Crippen molar-refractivity contribution in [3.8, 4) is 5.75 Å². The number of anilines is 1. The van der Waals surface area contributed by atoms with E-state index in [2.05, 4.69) is 10.3 Å². The topological polar surface area (TPSA) is 34.1 Å². The van der Waals surface area contributed by atoms with Crippen LogP contribution in [0.25, 0.3) is 0 Å². The van der Waals surface area contributed by atoms with Crippen molar-refractivity contribution in [3.05, 3.63) is 53.9 Å². The van der Waals surface area contributed by atoms with Crippen molar-refractivity contribution in [3.63, 3.8) is 0 Å². The number of hydrogen-bond acceptors (Lipinski definition) is 3. The third-order valence-electron chi connectivity index (χ3n) is 2.72. The van der Waals surface area contributed by atoms with E-state index in [-0.39, 0.29) is 0 Å². The summed E-state index contributed by atoms with van der Waals surface area (Å²) in [5.41, 5.74) is 3.17. The normalized spacial score (nSPS) is 10.2. The monoisotopic (exact) mass is 276 g/mol. The van der Waals surface area contributed by atoms with Gasteiger partial charge in [-0.15, -0.1) is 11.6 Å². The van der Waals surface area contributed by atoms with Crippen LogP contribution in [0.15, 0.2) is 42.7 Å². The average molecular weight is 277 g/mol. The maximum atomic E-state index is 5.94. The molecule has 1 heterocycles. The number of ether oxygens (including phenoxy) is 1. The Morgan fingerprint density at radius 2 is 2.21 bits per heavy atom. The SMILES string of the molecule is CCOc1ccc(NCc2cccnc2)cc1CCl. The number of aromatic nitrogens is 1. The lowest BCUT2D eigenvalue weighted by Crippen LogP contribution is -2.01. The number of halogens is 1.